The van der Waals surface area contributed by atoms with E-state index in [4.69, 9.17) is 12.2 Å². The second-order valence-corrected chi connectivity index (χ2v) is 5.74. The largest absolute Gasteiger partial charge is 0.271 e. The van der Waals surface area contributed by atoms with Crippen molar-refractivity contribution in [3.05, 3.63) is 64.7 Å². The maximum absolute atomic E-state index is 5.39. The Kier molecular flexibility index (Phi) is 3.27. The number of nitrogens with zero attached hydrogens (tertiary/aromatic N) is 5. The quantitative estimate of drug-likeness (QED) is 0.589. The number of hydrogen-bond acceptors (Lipinski definition) is 4. The summed E-state index contributed by atoms with van der Waals surface area (Å²) < 4.78 is 4.32. The third kappa shape index (κ3) is 2.44. The Balaban J connectivity index is 1.80. The predicted molar refractivity (Wildman–Crippen MR) is 90.1 cm³/mol. The molecule has 6 nitrogen and oxygen atoms in total. The molecule has 2 aromatic heterocycles. The number of aromatic amines is 1. The zero-order valence-corrected chi connectivity index (χ0v) is 13.3. The van der Waals surface area contributed by atoms with E-state index in [9.17, 15) is 0 Å². The lowest BCUT2D eigenvalue weighted by Crippen LogP contribution is -2.09. The fourth-order valence-electron chi connectivity index (χ4n) is 2.64. The number of rotatable bonds is 3. The van der Waals surface area contributed by atoms with E-state index in [0.29, 0.717) is 11.3 Å². The van der Waals surface area contributed by atoms with Crippen LogP contribution in [0.1, 0.15) is 11.4 Å². The molecule has 0 saturated carbocycles. The summed E-state index contributed by atoms with van der Waals surface area (Å²) in [4.78, 5) is 0. The molecule has 114 valence electrons. The number of aryl methyl sites for hydroxylation is 1. The molecule has 0 aliphatic carbocycles. The number of para-hydroxylation sites is 1. The molecule has 23 heavy (non-hydrogen) atoms. The first kappa shape index (κ1) is 13.8. The Morgan fingerprint density at radius 2 is 2.00 bits per heavy atom. The molecule has 0 bridgehead atoms. The summed E-state index contributed by atoms with van der Waals surface area (Å²) in [6.45, 7) is 2.54. The van der Waals surface area contributed by atoms with Crippen molar-refractivity contribution >= 4 is 23.3 Å². The molecule has 0 unspecified atom stereocenters. The molecule has 1 N–H and O–H groups in total. The van der Waals surface area contributed by atoms with Crippen LogP contribution in [0.3, 0.4) is 0 Å². The van der Waals surface area contributed by atoms with Crippen molar-refractivity contribution in [3.8, 4) is 5.69 Å². The highest BCUT2D eigenvalue weighted by Crippen LogP contribution is 2.16. The van der Waals surface area contributed by atoms with Crippen molar-refractivity contribution in [1.29, 1.82) is 0 Å². The van der Waals surface area contributed by atoms with Gasteiger partial charge in [-0.3, -0.25) is 9.67 Å². The van der Waals surface area contributed by atoms with Crippen molar-refractivity contribution in [1.82, 2.24) is 29.8 Å². The Hall–Kier alpha value is -2.80. The van der Waals surface area contributed by atoms with Crippen molar-refractivity contribution in [2.45, 2.75) is 13.5 Å². The summed E-state index contributed by atoms with van der Waals surface area (Å²) in [7, 11) is 0. The molecular weight excluding hydrogens is 308 g/mol. The predicted octanol–water partition coefficient (Wildman–Crippen LogP) is 3.03. The van der Waals surface area contributed by atoms with Gasteiger partial charge in [-0.1, -0.05) is 29.5 Å². The lowest BCUT2D eigenvalue weighted by atomic mass is 10.2. The van der Waals surface area contributed by atoms with Gasteiger partial charge in [0.05, 0.1) is 5.52 Å². The maximum atomic E-state index is 5.39. The van der Waals surface area contributed by atoms with Crippen LogP contribution in [0.2, 0.25) is 0 Å². The standard InChI is InChI=1S/C16H14N6S/c1-11-5-4-6-12(9-11)22-15(18-19-16(22)23)10-21-14-8-3-2-7-13(14)17-20-21/h2-9H,10H2,1H3,(H,19,23). The summed E-state index contributed by atoms with van der Waals surface area (Å²) in [5.74, 6) is 0.788. The fraction of sp³-hybridized carbons (Fsp3) is 0.125. The number of nitrogens with one attached hydrogen (secondary N) is 1. The molecule has 0 saturated heterocycles. The van der Waals surface area contributed by atoms with Gasteiger partial charge in [0.15, 0.2) is 10.6 Å². The van der Waals surface area contributed by atoms with E-state index < -0.39 is 0 Å². The molecule has 4 aromatic rings. The van der Waals surface area contributed by atoms with E-state index >= 15 is 0 Å². The smallest absolute Gasteiger partial charge is 0.199 e. The SMILES string of the molecule is Cc1cccc(-n2c(Cn3nnc4ccccc43)n[nH]c2=S)c1. The number of benzene rings is 2. The minimum Gasteiger partial charge on any atom is -0.271 e. The second kappa shape index (κ2) is 5.44. The zero-order chi connectivity index (χ0) is 15.8. The number of aromatic nitrogens is 6. The van der Waals surface area contributed by atoms with Crippen molar-refractivity contribution in [3.63, 3.8) is 0 Å². The molecule has 2 aromatic carbocycles. The first-order valence-electron chi connectivity index (χ1n) is 7.24. The third-order valence-corrected chi connectivity index (χ3v) is 3.99. The lowest BCUT2D eigenvalue weighted by Gasteiger charge is -2.08. The van der Waals surface area contributed by atoms with Crippen LogP contribution >= 0.6 is 12.2 Å². The maximum Gasteiger partial charge on any atom is 0.199 e. The molecule has 0 aliphatic rings. The molecule has 0 atom stereocenters. The zero-order valence-electron chi connectivity index (χ0n) is 12.5. The third-order valence-electron chi connectivity index (χ3n) is 3.71. The number of H-pyrrole nitrogens is 1. The van der Waals surface area contributed by atoms with E-state index in [-0.39, 0.29) is 0 Å². The highest BCUT2D eigenvalue weighted by molar-refractivity contribution is 7.71. The highest BCUT2D eigenvalue weighted by Gasteiger charge is 2.12. The molecule has 4 rings (SSSR count). The Morgan fingerprint density at radius 1 is 1.13 bits per heavy atom. The van der Waals surface area contributed by atoms with Gasteiger partial charge in [-0.05, 0) is 49.0 Å². The molecule has 7 heteroatoms. The van der Waals surface area contributed by atoms with Crippen LogP contribution in [0.15, 0.2) is 48.5 Å². The van der Waals surface area contributed by atoms with Gasteiger partial charge in [0.2, 0.25) is 0 Å². The van der Waals surface area contributed by atoms with E-state index in [2.05, 4.69) is 39.6 Å². The van der Waals surface area contributed by atoms with Crippen LogP contribution in [0.4, 0.5) is 0 Å². The van der Waals surface area contributed by atoms with E-state index in [1.807, 2.05) is 45.6 Å². The van der Waals surface area contributed by atoms with Crippen molar-refractivity contribution in [2.24, 2.45) is 0 Å². The first-order valence-corrected chi connectivity index (χ1v) is 7.65. The fourth-order valence-corrected chi connectivity index (χ4v) is 2.89. The van der Waals surface area contributed by atoms with Crippen LogP contribution < -0.4 is 0 Å². The minimum atomic E-state index is 0.488. The van der Waals surface area contributed by atoms with Gasteiger partial charge >= 0.3 is 0 Å². The molecular formula is C16H14N6S. The lowest BCUT2D eigenvalue weighted by molar-refractivity contribution is 0.633. The van der Waals surface area contributed by atoms with Gasteiger partial charge < -0.3 is 0 Å². The average molecular weight is 322 g/mol. The van der Waals surface area contributed by atoms with Crippen molar-refractivity contribution in [2.75, 3.05) is 0 Å². The van der Waals surface area contributed by atoms with Crippen LogP contribution in [-0.2, 0) is 6.54 Å². The summed E-state index contributed by atoms with van der Waals surface area (Å²) in [6, 6.07) is 16.0. The molecule has 2 heterocycles. The number of hydrogen-bond donors (Lipinski definition) is 1. The van der Waals surface area contributed by atoms with Gasteiger partial charge in [-0.15, -0.1) is 5.10 Å². The van der Waals surface area contributed by atoms with Crippen LogP contribution in [0, 0.1) is 11.7 Å². The summed E-state index contributed by atoms with van der Waals surface area (Å²) in [6.07, 6.45) is 0. The van der Waals surface area contributed by atoms with E-state index in [0.717, 1.165) is 22.5 Å². The van der Waals surface area contributed by atoms with Gasteiger partial charge in [0, 0.05) is 5.69 Å². The van der Waals surface area contributed by atoms with Gasteiger partial charge in [0.1, 0.15) is 12.1 Å². The topological polar surface area (TPSA) is 64.3 Å². The molecule has 0 radical (unpaired) electrons. The molecule has 0 fully saturated rings. The summed E-state index contributed by atoms with van der Waals surface area (Å²) in [5, 5.41) is 15.6. The normalized spacial score (nSPS) is 11.2. The average Bonchev–Trinajstić information content (AvgIpc) is 3.12. The summed E-state index contributed by atoms with van der Waals surface area (Å²) >= 11 is 5.39. The monoisotopic (exact) mass is 322 g/mol. The number of fused-ring (bicyclic) bond motifs is 1. The molecule has 0 aliphatic heterocycles. The second-order valence-electron chi connectivity index (χ2n) is 5.36. The highest BCUT2D eigenvalue weighted by atomic mass is 32.1. The van der Waals surface area contributed by atoms with Crippen LogP contribution in [0.25, 0.3) is 16.7 Å². The van der Waals surface area contributed by atoms with Gasteiger partial charge in [0.25, 0.3) is 0 Å². The Labute approximate surface area is 137 Å². The summed E-state index contributed by atoms with van der Waals surface area (Å²) in [5.41, 5.74) is 3.99. The Morgan fingerprint density at radius 3 is 2.87 bits per heavy atom. The molecule has 0 spiro atoms. The van der Waals surface area contributed by atoms with Crippen molar-refractivity contribution < 1.29 is 0 Å². The van der Waals surface area contributed by atoms with E-state index in [1.54, 1.807) is 0 Å². The van der Waals surface area contributed by atoms with E-state index in [1.165, 1.54) is 5.56 Å². The van der Waals surface area contributed by atoms with Gasteiger partial charge in [-0.25, -0.2) is 4.68 Å². The van der Waals surface area contributed by atoms with Gasteiger partial charge in [-0.2, -0.15) is 5.10 Å². The van der Waals surface area contributed by atoms with Crippen LogP contribution in [0.5, 0.6) is 0 Å². The minimum absolute atomic E-state index is 0.488. The van der Waals surface area contributed by atoms with Crippen LogP contribution in [-0.4, -0.2) is 29.8 Å². The Bertz CT molecular complexity index is 1040. The molecule has 0 amide bonds. The first-order chi connectivity index (χ1) is 11.2.